The molecule has 0 aliphatic heterocycles. The number of nitrogens with zero attached hydrogens (tertiary/aromatic N) is 2. The van der Waals surface area contributed by atoms with Crippen LogP contribution in [-0.2, 0) is 4.79 Å². The van der Waals surface area contributed by atoms with Crippen molar-refractivity contribution in [2.24, 2.45) is 0 Å². The van der Waals surface area contributed by atoms with Gasteiger partial charge in [-0.2, -0.15) is 0 Å². The molecule has 140 valence electrons. The summed E-state index contributed by atoms with van der Waals surface area (Å²) in [6, 6.07) is 10.4. The van der Waals surface area contributed by atoms with E-state index >= 15 is 0 Å². The molecule has 10 heteroatoms. The molecular formula is C17H13Cl3N4O2S. The first-order chi connectivity index (χ1) is 13.0. The van der Waals surface area contributed by atoms with Crippen LogP contribution in [0.25, 0.3) is 11.4 Å². The van der Waals surface area contributed by atoms with Crippen LogP contribution in [0.5, 0.6) is 5.75 Å². The number of anilines is 1. The largest absolute Gasteiger partial charge is 0.497 e. The van der Waals surface area contributed by atoms with Crippen molar-refractivity contribution in [2.75, 3.05) is 18.2 Å². The number of nitrogens with one attached hydrogen (secondary N) is 2. The highest BCUT2D eigenvalue weighted by Crippen LogP contribution is 2.32. The number of carbonyl (C=O) groups excluding carboxylic acids is 1. The molecule has 0 bridgehead atoms. The number of aromatic amines is 1. The number of amides is 1. The SMILES string of the molecule is COc1ccc(-c2nc(SCC(=O)Nc3cc(Cl)c(Cl)cc3Cl)n[nH]2)cc1. The summed E-state index contributed by atoms with van der Waals surface area (Å²) in [6.07, 6.45) is 0. The zero-order chi connectivity index (χ0) is 19.4. The highest BCUT2D eigenvalue weighted by molar-refractivity contribution is 7.99. The molecule has 0 aliphatic carbocycles. The summed E-state index contributed by atoms with van der Waals surface area (Å²) in [4.78, 5) is 16.5. The van der Waals surface area contributed by atoms with Crippen molar-refractivity contribution >= 4 is 58.2 Å². The van der Waals surface area contributed by atoms with E-state index in [9.17, 15) is 4.79 Å². The Kier molecular flexibility index (Phi) is 6.49. The van der Waals surface area contributed by atoms with Crippen molar-refractivity contribution < 1.29 is 9.53 Å². The van der Waals surface area contributed by atoms with Crippen LogP contribution in [0.3, 0.4) is 0 Å². The standard InChI is InChI=1S/C17H13Cl3N4O2S/c1-26-10-4-2-9(3-5-10)16-22-17(24-23-16)27-8-15(25)21-14-7-12(19)11(18)6-13(14)20/h2-7H,8H2,1H3,(H,21,25)(H,22,23,24). The third-order valence-electron chi connectivity index (χ3n) is 3.44. The number of H-pyrrole nitrogens is 1. The monoisotopic (exact) mass is 442 g/mol. The number of aromatic nitrogens is 3. The number of rotatable bonds is 6. The minimum absolute atomic E-state index is 0.108. The first-order valence-electron chi connectivity index (χ1n) is 7.60. The van der Waals surface area contributed by atoms with Crippen molar-refractivity contribution in [3.63, 3.8) is 0 Å². The lowest BCUT2D eigenvalue weighted by Crippen LogP contribution is -2.14. The van der Waals surface area contributed by atoms with Gasteiger partial charge in [-0.25, -0.2) is 4.98 Å². The van der Waals surface area contributed by atoms with Crippen molar-refractivity contribution in [2.45, 2.75) is 5.16 Å². The molecular weight excluding hydrogens is 431 g/mol. The molecule has 0 saturated heterocycles. The van der Waals surface area contributed by atoms with Crippen molar-refractivity contribution in [3.8, 4) is 17.1 Å². The number of benzene rings is 2. The summed E-state index contributed by atoms with van der Waals surface area (Å²) in [7, 11) is 1.61. The topological polar surface area (TPSA) is 79.9 Å². The van der Waals surface area contributed by atoms with Crippen molar-refractivity contribution in [3.05, 3.63) is 51.5 Å². The van der Waals surface area contributed by atoms with Crippen LogP contribution < -0.4 is 10.1 Å². The summed E-state index contributed by atoms with van der Waals surface area (Å²) < 4.78 is 5.13. The molecule has 0 atom stereocenters. The zero-order valence-electron chi connectivity index (χ0n) is 13.9. The lowest BCUT2D eigenvalue weighted by molar-refractivity contribution is -0.113. The van der Waals surface area contributed by atoms with E-state index in [0.29, 0.717) is 31.7 Å². The van der Waals surface area contributed by atoms with E-state index in [1.54, 1.807) is 7.11 Å². The van der Waals surface area contributed by atoms with Gasteiger partial charge in [0.05, 0.1) is 33.6 Å². The first kappa shape index (κ1) is 19.8. The molecule has 3 rings (SSSR count). The molecule has 0 aliphatic rings. The van der Waals surface area contributed by atoms with Crippen LogP contribution in [-0.4, -0.2) is 34.0 Å². The second-order valence-electron chi connectivity index (χ2n) is 5.28. The number of halogens is 3. The fraction of sp³-hybridized carbons (Fsp3) is 0.118. The molecule has 0 fully saturated rings. The molecule has 1 aromatic heterocycles. The predicted octanol–water partition coefficient (Wildman–Crippen LogP) is 5.17. The Labute approximate surface area is 174 Å². The molecule has 0 radical (unpaired) electrons. The first-order valence-corrected chi connectivity index (χ1v) is 9.72. The Morgan fingerprint density at radius 1 is 1.15 bits per heavy atom. The average Bonchev–Trinajstić information content (AvgIpc) is 3.13. The van der Waals surface area contributed by atoms with Gasteiger partial charge in [0.2, 0.25) is 11.1 Å². The Morgan fingerprint density at radius 3 is 2.56 bits per heavy atom. The molecule has 2 N–H and O–H groups in total. The molecule has 1 amide bonds. The van der Waals surface area contributed by atoms with Gasteiger partial charge in [-0.05, 0) is 36.4 Å². The van der Waals surface area contributed by atoms with Crippen molar-refractivity contribution in [1.82, 2.24) is 15.2 Å². The minimum atomic E-state index is -0.268. The fourth-order valence-electron chi connectivity index (χ4n) is 2.12. The average molecular weight is 444 g/mol. The minimum Gasteiger partial charge on any atom is -0.497 e. The second kappa shape index (κ2) is 8.84. The maximum Gasteiger partial charge on any atom is 0.234 e. The van der Waals surface area contributed by atoms with Crippen molar-refractivity contribution in [1.29, 1.82) is 0 Å². The van der Waals surface area contributed by atoms with Crippen LogP contribution in [0.1, 0.15) is 0 Å². The van der Waals surface area contributed by atoms with E-state index in [-0.39, 0.29) is 11.7 Å². The third-order valence-corrected chi connectivity index (χ3v) is 5.33. The van der Waals surface area contributed by atoms with Gasteiger partial charge < -0.3 is 10.1 Å². The molecule has 0 saturated carbocycles. The van der Waals surface area contributed by atoms with Gasteiger partial charge in [0.15, 0.2) is 5.82 Å². The van der Waals surface area contributed by atoms with Crippen LogP contribution in [0, 0.1) is 0 Å². The predicted molar refractivity (Wildman–Crippen MR) is 109 cm³/mol. The van der Waals surface area contributed by atoms with Crippen LogP contribution in [0.4, 0.5) is 5.69 Å². The Morgan fingerprint density at radius 2 is 1.85 bits per heavy atom. The number of ether oxygens (including phenoxy) is 1. The van der Waals surface area contributed by atoms with Gasteiger partial charge in [-0.1, -0.05) is 46.6 Å². The molecule has 1 heterocycles. The van der Waals surface area contributed by atoms with Gasteiger partial charge in [0.1, 0.15) is 5.75 Å². The highest BCUT2D eigenvalue weighted by atomic mass is 35.5. The van der Waals surface area contributed by atoms with E-state index in [1.165, 1.54) is 23.9 Å². The molecule has 3 aromatic rings. The van der Waals surface area contributed by atoms with E-state index < -0.39 is 0 Å². The van der Waals surface area contributed by atoms with Crippen LogP contribution in [0.2, 0.25) is 15.1 Å². The molecule has 0 unspecified atom stereocenters. The van der Waals surface area contributed by atoms with Crippen LogP contribution >= 0.6 is 46.6 Å². The normalized spacial score (nSPS) is 10.7. The Hall–Kier alpha value is -1.93. The van der Waals surface area contributed by atoms with Gasteiger partial charge >= 0.3 is 0 Å². The molecule has 6 nitrogen and oxygen atoms in total. The smallest absolute Gasteiger partial charge is 0.234 e. The number of carbonyl (C=O) groups is 1. The van der Waals surface area contributed by atoms with E-state index in [4.69, 9.17) is 39.5 Å². The van der Waals surface area contributed by atoms with E-state index in [0.717, 1.165) is 11.3 Å². The third kappa shape index (κ3) is 5.07. The Bertz CT molecular complexity index is 963. The molecule has 0 spiro atoms. The van der Waals surface area contributed by atoms with E-state index in [1.807, 2.05) is 24.3 Å². The number of thioether (sulfide) groups is 1. The lowest BCUT2D eigenvalue weighted by atomic mass is 10.2. The lowest BCUT2D eigenvalue weighted by Gasteiger charge is -2.08. The van der Waals surface area contributed by atoms with Gasteiger partial charge in [-0.15, -0.1) is 5.10 Å². The summed E-state index contributed by atoms with van der Waals surface area (Å²) >= 11 is 19.1. The van der Waals surface area contributed by atoms with Crippen LogP contribution in [0.15, 0.2) is 41.6 Å². The molecule has 27 heavy (non-hydrogen) atoms. The van der Waals surface area contributed by atoms with Gasteiger partial charge in [0.25, 0.3) is 0 Å². The number of hydrogen-bond donors (Lipinski definition) is 2. The number of methoxy groups -OCH3 is 1. The fourth-order valence-corrected chi connectivity index (χ4v) is 3.32. The quantitative estimate of drug-likeness (QED) is 0.406. The maximum atomic E-state index is 12.1. The summed E-state index contributed by atoms with van der Waals surface area (Å²) in [5.74, 6) is 1.20. The zero-order valence-corrected chi connectivity index (χ0v) is 17.0. The van der Waals surface area contributed by atoms with Gasteiger partial charge in [-0.3, -0.25) is 9.89 Å². The van der Waals surface area contributed by atoms with E-state index in [2.05, 4.69) is 20.5 Å². The summed E-state index contributed by atoms with van der Waals surface area (Å²) in [6.45, 7) is 0. The Balaban J connectivity index is 1.59. The van der Waals surface area contributed by atoms with Gasteiger partial charge in [0, 0.05) is 5.56 Å². The maximum absolute atomic E-state index is 12.1. The highest BCUT2D eigenvalue weighted by Gasteiger charge is 2.12. The second-order valence-corrected chi connectivity index (χ2v) is 7.44. The molecule has 2 aromatic carbocycles. The summed E-state index contributed by atoms with van der Waals surface area (Å²) in [5, 5.41) is 11.0. The summed E-state index contributed by atoms with van der Waals surface area (Å²) in [5.41, 5.74) is 1.26. The number of hydrogen-bond acceptors (Lipinski definition) is 5.